The minimum Gasteiger partial charge on any atom is -0.394 e. The van der Waals surface area contributed by atoms with Crippen molar-refractivity contribution in [2.75, 3.05) is 18.7 Å². The topological polar surface area (TPSA) is 129 Å². The van der Waals surface area contributed by atoms with Gasteiger partial charge in [-0.25, -0.2) is 15.4 Å². The van der Waals surface area contributed by atoms with Gasteiger partial charge in [0.15, 0.2) is 17.4 Å². The molecular formula is C11H14N6O4. The van der Waals surface area contributed by atoms with E-state index in [9.17, 15) is 15.0 Å². The minimum atomic E-state index is -0.880. The lowest BCUT2D eigenvalue weighted by Crippen LogP contribution is -2.55. The predicted octanol–water partition coefficient (Wildman–Crippen LogP) is -2.31. The molecule has 4 N–H and O–H groups in total. The van der Waals surface area contributed by atoms with Crippen molar-refractivity contribution in [1.82, 2.24) is 24.9 Å². The number of hydrogen-bond acceptors (Lipinski definition) is 8. The molecule has 2 aromatic rings. The lowest BCUT2D eigenvalue weighted by molar-refractivity contribution is -0.0449. The Bertz CT molecular complexity index is 757. The van der Waals surface area contributed by atoms with Gasteiger partial charge in [0.2, 0.25) is 5.95 Å². The van der Waals surface area contributed by atoms with Crippen LogP contribution in [-0.4, -0.2) is 61.6 Å². The van der Waals surface area contributed by atoms with Crippen LogP contribution in [0.3, 0.4) is 0 Å². The van der Waals surface area contributed by atoms with Crippen LogP contribution >= 0.6 is 0 Å². The molecule has 0 spiro atoms. The van der Waals surface area contributed by atoms with Gasteiger partial charge < -0.3 is 19.9 Å². The average molecular weight is 294 g/mol. The van der Waals surface area contributed by atoms with Gasteiger partial charge in [-0.1, -0.05) is 0 Å². The summed E-state index contributed by atoms with van der Waals surface area (Å²) in [4.78, 5) is 22.7. The smallest absolute Gasteiger partial charge is 0.278 e. The molecule has 21 heavy (non-hydrogen) atoms. The van der Waals surface area contributed by atoms with Gasteiger partial charge in [0, 0.05) is 7.05 Å². The summed E-state index contributed by atoms with van der Waals surface area (Å²) in [6.45, 7) is -0.296. The molecule has 4 heterocycles. The fourth-order valence-corrected chi connectivity index (χ4v) is 2.92. The lowest BCUT2D eigenvalue weighted by atomic mass is 10.1. The molecule has 0 unspecified atom stereocenters. The molecule has 2 aliphatic rings. The number of aromatic nitrogens is 4. The van der Waals surface area contributed by atoms with Gasteiger partial charge in [-0.05, 0) is 0 Å². The Balaban J connectivity index is 1.94. The summed E-state index contributed by atoms with van der Waals surface area (Å²) >= 11 is 0. The Hall–Kier alpha value is -2.01. The second-order valence-corrected chi connectivity index (χ2v) is 5.14. The van der Waals surface area contributed by atoms with Crippen LogP contribution in [0, 0.1) is 0 Å². The minimum absolute atomic E-state index is 0.201. The van der Waals surface area contributed by atoms with Crippen molar-refractivity contribution >= 4 is 17.1 Å². The van der Waals surface area contributed by atoms with E-state index in [0.29, 0.717) is 11.6 Å². The molecule has 10 nitrogen and oxygen atoms in total. The number of hydrazine groups is 1. The maximum atomic E-state index is 11.8. The number of ether oxygens (including phenoxy) is 1. The number of aliphatic hydroxyl groups is 2. The van der Waals surface area contributed by atoms with Gasteiger partial charge in [0.05, 0.1) is 12.9 Å². The maximum Gasteiger partial charge on any atom is 0.278 e. The highest BCUT2D eigenvalue weighted by molar-refractivity contribution is 5.74. The molecule has 2 aliphatic heterocycles. The molecule has 0 aliphatic carbocycles. The number of fused-ring (bicyclic) bond motifs is 5. The summed E-state index contributed by atoms with van der Waals surface area (Å²) in [6, 6.07) is -0.460. The molecule has 1 fully saturated rings. The van der Waals surface area contributed by atoms with Crippen molar-refractivity contribution in [3.63, 3.8) is 0 Å². The standard InChI is InChI=1S/C11H14N6O4/c1-16-11-14-6-8(12-3-13-9(6)20)17(11)10-5(15-16)7(19)4(2-18)21-10/h3-5,7,10,15,18-19H,2H2,1H3,(H,12,13,20)/t4-,5+,7-,10-/m1/s1. The molecule has 4 atom stereocenters. The molecular weight excluding hydrogens is 280 g/mol. The Morgan fingerprint density at radius 1 is 1.52 bits per heavy atom. The number of imidazole rings is 1. The Morgan fingerprint density at radius 2 is 2.33 bits per heavy atom. The van der Waals surface area contributed by atoms with Gasteiger partial charge in [0.1, 0.15) is 18.2 Å². The summed E-state index contributed by atoms with van der Waals surface area (Å²) in [7, 11) is 1.72. The third-order valence-electron chi connectivity index (χ3n) is 3.91. The highest BCUT2D eigenvalue weighted by atomic mass is 16.5. The van der Waals surface area contributed by atoms with E-state index in [-0.39, 0.29) is 17.7 Å². The monoisotopic (exact) mass is 294 g/mol. The molecule has 0 saturated carbocycles. The highest BCUT2D eigenvalue weighted by Gasteiger charge is 2.49. The molecule has 1 saturated heterocycles. The molecule has 0 bridgehead atoms. The van der Waals surface area contributed by atoms with Crippen molar-refractivity contribution < 1.29 is 14.9 Å². The van der Waals surface area contributed by atoms with Gasteiger partial charge >= 0.3 is 0 Å². The van der Waals surface area contributed by atoms with Crippen LogP contribution < -0.4 is 16.0 Å². The molecule has 4 rings (SSSR count). The maximum absolute atomic E-state index is 11.8. The Labute approximate surface area is 118 Å². The molecule has 0 amide bonds. The third-order valence-corrected chi connectivity index (χ3v) is 3.91. The zero-order valence-corrected chi connectivity index (χ0v) is 11.1. The summed E-state index contributed by atoms with van der Waals surface area (Å²) in [5.74, 6) is 0.459. The first-order chi connectivity index (χ1) is 10.1. The first kappa shape index (κ1) is 12.7. The van der Waals surface area contributed by atoms with Crippen LogP contribution in [0.5, 0.6) is 0 Å². The van der Waals surface area contributed by atoms with Gasteiger partial charge in [0.25, 0.3) is 5.56 Å². The Kier molecular flexibility index (Phi) is 2.57. The van der Waals surface area contributed by atoms with Gasteiger partial charge in [-0.3, -0.25) is 14.4 Å². The fourth-order valence-electron chi connectivity index (χ4n) is 2.92. The van der Waals surface area contributed by atoms with Crippen LogP contribution in [0.25, 0.3) is 11.2 Å². The van der Waals surface area contributed by atoms with Crippen LogP contribution in [0.1, 0.15) is 6.23 Å². The number of aromatic amines is 1. The number of nitrogens with one attached hydrogen (secondary N) is 2. The quantitative estimate of drug-likeness (QED) is 0.462. The van der Waals surface area contributed by atoms with E-state index in [4.69, 9.17) is 4.74 Å². The number of hydrogen-bond donors (Lipinski definition) is 4. The summed E-state index contributed by atoms with van der Waals surface area (Å²) in [6.07, 6.45) is -0.880. The highest BCUT2D eigenvalue weighted by Crippen LogP contribution is 2.37. The molecule has 2 aromatic heterocycles. The predicted molar refractivity (Wildman–Crippen MR) is 70.5 cm³/mol. The average Bonchev–Trinajstić information content (AvgIpc) is 3.00. The molecule has 0 aromatic carbocycles. The van der Waals surface area contributed by atoms with E-state index in [1.54, 1.807) is 16.6 Å². The van der Waals surface area contributed by atoms with Gasteiger partial charge in [-0.15, -0.1) is 0 Å². The second kappa shape index (κ2) is 4.24. The van der Waals surface area contributed by atoms with E-state index in [1.807, 2.05) is 0 Å². The van der Waals surface area contributed by atoms with Gasteiger partial charge in [-0.2, -0.15) is 0 Å². The van der Waals surface area contributed by atoms with Crippen LogP contribution in [0.15, 0.2) is 11.1 Å². The van der Waals surface area contributed by atoms with Crippen molar-refractivity contribution in [1.29, 1.82) is 0 Å². The number of H-pyrrole nitrogens is 1. The number of anilines is 1. The SMILES string of the molecule is CN1N[C@H]2[C@H](O)[C@@H](CO)O[C@H]2n2c1nc1c(=O)[nH]cnc12. The second-order valence-electron chi connectivity index (χ2n) is 5.14. The van der Waals surface area contributed by atoms with E-state index in [1.165, 1.54) is 6.33 Å². The van der Waals surface area contributed by atoms with Crippen LogP contribution in [-0.2, 0) is 4.74 Å². The van der Waals surface area contributed by atoms with E-state index in [0.717, 1.165) is 0 Å². The number of rotatable bonds is 1. The first-order valence-corrected chi connectivity index (χ1v) is 6.51. The van der Waals surface area contributed by atoms with Crippen molar-refractivity contribution in [3.8, 4) is 0 Å². The number of nitrogens with zero attached hydrogens (tertiary/aromatic N) is 4. The summed E-state index contributed by atoms with van der Waals surface area (Å²) < 4.78 is 7.35. The lowest BCUT2D eigenvalue weighted by Gasteiger charge is -2.35. The summed E-state index contributed by atoms with van der Waals surface area (Å²) in [5, 5.41) is 21.1. The largest absolute Gasteiger partial charge is 0.394 e. The number of aliphatic hydroxyl groups excluding tert-OH is 2. The molecule has 112 valence electrons. The van der Waals surface area contributed by atoms with Crippen LogP contribution in [0.2, 0.25) is 0 Å². The Morgan fingerprint density at radius 3 is 3.10 bits per heavy atom. The zero-order chi connectivity index (χ0) is 14.7. The fraction of sp³-hybridized carbons (Fsp3) is 0.545. The first-order valence-electron chi connectivity index (χ1n) is 6.51. The van der Waals surface area contributed by atoms with E-state index in [2.05, 4.69) is 20.4 Å². The van der Waals surface area contributed by atoms with E-state index < -0.39 is 24.5 Å². The van der Waals surface area contributed by atoms with Crippen molar-refractivity contribution in [2.24, 2.45) is 0 Å². The van der Waals surface area contributed by atoms with Crippen molar-refractivity contribution in [2.45, 2.75) is 24.5 Å². The molecule has 0 radical (unpaired) electrons. The van der Waals surface area contributed by atoms with Crippen LogP contribution in [0.4, 0.5) is 5.95 Å². The zero-order valence-electron chi connectivity index (χ0n) is 11.1. The van der Waals surface area contributed by atoms with E-state index >= 15 is 0 Å². The summed E-state index contributed by atoms with van der Waals surface area (Å²) in [5.41, 5.74) is 3.29. The molecule has 10 heteroatoms. The third kappa shape index (κ3) is 1.58. The normalized spacial score (nSPS) is 31.5. The van der Waals surface area contributed by atoms with Crippen molar-refractivity contribution in [3.05, 3.63) is 16.7 Å².